The summed E-state index contributed by atoms with van der Waals surface area (Å²) < 4.78 is 30.9. The highest BCUT2D eigenvalue weighted by molar-refractivity contribution is 6.03. The summed E-state index contributed by atoms with van der Waals surface area (Å²) in [4.78, 5) is 7.28. The molecule has 6 nitrogen and oxygen atoms in total. The molecule has 1 N–H and O–H groups in total. The predicted molar refractivity (Wildman–Crippen MR) is 182 cm³/mol. The van der Waals surface area contributed by atoms with Crippen molar-refractivity contribution in [2.24, 2.45) is 4.99 Å². The Bertz CT molecular complexity index is 1480. The zero-order chi connectivity index (χ0) is 31.7. The summed E-state index contributed by atoms with van der Waals surface area (Å²) in [7, 11) is 0. The van der Waals surface area contributed by atoms with Crippen LogP contribution in [0.15, 0.2) is 121 Å². The summed E-state index contributed by atoms with van der Waals surface area (Å²) in [6.45, 7) is 11.5. The molecule has 0 saturated carbocycles. The average molecular weight is 610 g/mol. The maximum atomic E-state index is 14.0. The second-order valence-electron chi connectivity index (χ2n) is 10.5. The standard InChI is InChI=1S/C38H44FN3O3/c1-4-7-15-34(43-6-3)16-12-25-42(28-30-17-22-36-37(27-30)45-29-44-36)26-23-35(31-18-20-33(39)21-19-31)41-38(40-24-8-5-2)32-13-10-9-11-14-32/h4,7,9-11,13-23,27H,1,5-6,8,12,24-26,28-29H2,2-3H3,(H,40,41)/b15-7-,34-16+,35-23+. The smallest absolute Gasteiger partial charge is 0.231 e. The van der Waals surface area contributed by atoms with Gasteiger partial charge in [-0.1, -0.05) is 80.6 Å². The maximum Gasteiger partial charge on any atom is 0.231 e. The zero-order valence-electron chi connectivity index (χ0n) is 26.4. The van der Waals surface area contributed by atoms with Crippen LogP contribution in [0.5, 0.6) is 11.5 Å². The van der Waals surface area contributed by atoms with E-state index in [1.807, 2.05) is 49.4 Å². The van der Waals surface area contributed by atoms with E-state index in [1.54, 1.807) is 18.2 Å². The van der Waals surface area contributed by atoms with Gasteiger partial charge in [0.25, 0.3) is 0 Å². The van der Waals surface area contributed by atoms with E-state index >= 15 is 0 Å². The van der Waals surface area contributed by atoms with Gasteiger partial charge in [0, 0.05) is 37.4 Å². The summed E-state index contributed by atoms with van der Waals surface area (Å²) in [6, 6.07) is 22.8. The lowest BCUT2D eigenvalue weighted by Gasteiger charge is -2.22. The molecule has 1 aliphatic heterocycles. The molecular weight excluding hydrogens is 565 g/mol. The molecule has 4 rings (SSSR count). The number of halogens is 1. The van der Waals surface area contributed by atoms with Gasteiger partial charge in [-0.15, -0.1) is 0 Å². The Morgan fingerprint density at radius 3 is 2.56 bits per heavy atom. The molecule has 3 aromatic rings. The van der Waals surface area contributed by atoms with Crippen LogP contribution in [0.4, 0.5) is 4.39 Å². The highest BCUT2D eigenvalue weighted by atomic mass is 19.1. The van der Waals surface area contributed by atoms with E-state index in [0.717, 1.165) is 77.8 Å². The minimum absolute atomic E-state index is 0.241. The molecule has 1 aliphatic rings. The topological polar surface area (TPSA) is 55.3 Å². The van der Waals surface area contributed by atoms with Gasteiger partial charge in [0.1, 0.15) is 17.4 Å². The monoisotopic (exact) mass is 609 g/mol. The SMILES string of the molecule is C=C/C=C\C(=C/CCN(C/C=C(/NC(=NCCCC)c1ccccc1)c1ccc(F)cc1)Cc1ccc2c(c1)OCO2)OCC. The maximum absolute atomic E-state index is 14.0. The Hall–Kier alpha value is -4.62. The Morgan fingerprint density at radius 1 is 1.00 bits per heavy atom. The van der Waals surface area contributed by atoms with Gasteiger partial charge in [0.05, 0.1) is 6.61 Å². The third kappa shape index (κ3) is 10.8. The van der Waals surface area contributed by atoms with Crippen LogP contribution in [0.1, 0.15) is 49.8 Å². The molecule has 236 valence electrons. The number of fused-ring (bicyclic) bond motifs is 1. The first kappa shape index (κ1) is 33.3. The van der Waals surface area contributed by atoms with Crippen LogP contribution in [0.25, 0.3) is 5.70 Å². The van der Waals surface area contributed by atoms with E-state index in [0.29, 0.717) is 19.7 Å². The average Bonchev–Trinajstić information content (AvgIpc) is 3.53. The number of unbranched alkanes of at least 4 members (excludes halogenated alkanes) is 1. The summed E-state index contributed by atoms with van der Waals surface area (Å²) in [5.41, 5.74) is 3.87. The first-order valence-electron chi connectivity index (χ1n) is 15.7. The number of allylic oxidation sites excluding steroid dienone is 3. The first-order valence-corrected chi connectivity index (χ1v) is 15.7. The largest absolute Gasteiger partial charge is 0.494 e. The number of benzene rings is 3. The van der Waals surface area contributed by atoms with Crippen molar-refractivity contribution < 1.29 is 18.6 Å². The minimum atomic E-state index is -0.273. The van der Waals surface area contributed by atoms with Crippen LogP contribution in [-0.4, -0.2) is 43.8 Å². The van der Waals surface area contributed by atoms with Crippen molar-refractivity contribution in [1.82, 2.24) is 10.2 Å². The highest BCUT2D eigenvalue weighted by Gasteiger charge is 2.15. The van der Waals surface area contributed by atoms with Gasteiger partial charge < -0.3 is 19.5 Å². The molecule has 45 heavy (non-hydrogen) atoms. The molecule has 7 heteroatoms. The molecule has 0 amide bonds. The van der Waals surface area contributed by atoms with Crippen molar-refractivity contribution in [1.29, 1.82) is 0 Å². The molecule has 0 bridgehead atoms. The van der Waals surface area contributed by atoms with E-state index < -0.39 is 0 Å². The second-order valence-corrected chi connectivity index (χ2v) is 10.5. The number of ether oxygens (including phenoxy) is 3. The fraction of sp³-hybridized carbons (Fsp3) is 0.289. The van der Waals surface area contributed by atoms with E-state index in [2.05, 4.69) is 54.1 Å². The van der Waals surface area contributed by atoms with Gasteiger partial charge in [0.2, 0.25) is 6.79 Å². The number of nitrogens with zero attached hydrogens (tertiary/aromatic N) is 2. The molecule has 0 fully saturated rings. The lowest BCUT2D eigenvalue weighted by molar-refractivity contribution is 0.174. The quantitative estimate of drug-likeness (QED) is 0.0549. The molecule has 0 radical (unpaired) electrons. The van der Waals surface area contributed by atoms with Crippen LogP contribution in [-0.2, 0) is 11.3 Å². The highest BCUT2D eigenvalue weighted by Crippen LogP contribution is 2.33. The molecular formula is C38H44FN3O3. The predicted octanol–water partition coefficient (Wildman–Crippen LogP) is 8.29. The van der Waals surface area contributed by atoms with Crippen LogP contribution >= 0.6 is 0 Å². The Morgan fingerprint density at radius 2 is 1.80 bits per heavy atom. The van der Waals surface area contributed by atoms with Gasteiger partial charge >= 0.3 is 0 Å². The molecule has 3 aromatic carbocycles. The van der Waals surface area contributed by atoms with E-state index in [-0.39, 0.29) is 12.6 Å². The van der Waals surface area contributed by atoms with Gasteiger partial charge in [0.15, 0.2) is 11.5 Å². The van der Waals surface area contributed by atoms with Crippen LogP contribution in [0, 0.1) is 5.82 Å². The van der Waals surface area contributed by atoms with Gasteiger partial charge in [-0.25, -0.2) is 4.39 Å². The number of aliphatic imine (C=N–C) groups is 1. The number of hydrogen-bond donors (Lipinski definition) is 1. The Balaban J connectivity index is 1.63. The fourth-order valence-electron chi connectivity index (χ4n) is 4.79. The van der Waals surface area contributed by atoms with Gasteiger partial charge in [-0.3, -0.25) is 9.89 Å². The van der Waals surface area contributed by atoms with Crippen LogP contribution in [0.3, 0.4) is 0 Å². The number of rotatable bonds is 17. The normalized spacial score (nSPS) is 13.5. The third-order valence-electron chi connectivity index (χ3n) is 7.13. The number of amidine groups is 1. The van der Waals surface area contributed by atoms with Crippen molar-refractivity contribution in [2.75, 3.05) is 33.0 Å². The summed E-state index contributed by atoms with van der Waals surface area (Å²) >= 11 is 0. The van der Waals surface area contributed by atoms with E-state index in [9.17, 15) is 4.39 Å². The van der Waals surface area contributed by atoms with Crippen LogP contribution in [0.2, 0.25) is 0 Å². The molecule has 1 heterocycles. The second kappa shape index (κ2) is 18.2. The van der Waals surface area contributed by atoms with E-state index in [1.165, 1.54) is 12.1 Å². The van der Waals surface area contributed by atoms with Crippen molar-refractivity contribution in [3.63, 3.8) is 0 Å². The summed E-state index contributed by atoms with van der Waals surface area (Å²) in [5.74, 6) is 2.87. The van der Waals surface area contributed by atoms with Crippen molar-refractivity contribution in [2.45, 2.75) is 39.7 Å². The minimum Gasteiger partial charge on any atom is -0.494 e. The molecule has 0 aromatic heterocycles. The third-order valence-corrected chi connectivity index (χ3v) is 7.13. The van der Waals surface area contributed by atoms with Gasteiger partial charge in [-0.2, -0.15) is 0 Å². The molecule has 0 saturated heterocycles. The lowest BCUT2D eigenvalue weighted by Crippen LogP contribution is -2.27. The zero-order valence-corrected chi connectivity index (χ0v) is 26.4. The number of nitrogens with one attached hydrogen (secondary N) is 1. The first-order chi connectivity index (χ1) is 22.1. The van der Waals surface area contributed by atoms with Crippen LogP contribution < -0.4 is 14.8 Å². The molecule has 0 spiro atoms. The fourth-order valence-corrected chi connectivity index (χ4v) is 4.79. The van der Waals surface area contributed by atoms with Crippen molar-refractivity contribution in [3.05, 3.63) is 138 Å². The summed E-state index contributed by atoms with van der Waals surface area (Å²) in [5, 5.41) is 3.61. The Labute approximate surface area is 267 Å². The number of hydrogen-bond acceptors (Lipinski definition) is 5. The van der Waals surface area contributed by atoms with E-state index in [4.69, 9.17) is 19.2 Å². The van der Waals surface area contributed by atoms with Crippen molar-refractivity contribution in [3.8, 4) is 11.5 Å². The summed E-state index contributed by atoms with van der Waals surface area (Å²) in [6.07, 6.45) is 12.6. The Kier molecular flexibility index (Phi) is 13.5. The molecule has 0 aliphatic carbocycles. The molecule has 0 atom stereocenters. The van der Waals surface area contributed by atoms with Gasteiger partial charge in [-0.05, 0) is 73.4 Å². The lowest BCUT2D eigenvalue weighted by atomic mass is 10.1. The molecule has 0 unspecified atom stereocenters. The van der Waals surface area contributed by atoms with Crippen molar-refractivity contribution >= 4 is 11.5 Å².